The van der Waals surface area contributed by atoms with E-state index in [0.29, 0.717) is 6.42 Å². The molecule has 1 aliphatic heterocycles. The van der Waals surface area contributed by atoms with Gasteiger partial charge in [-0.3, -0.25) is 0 Å². The van der Waals surface area contributed by atoms with Crippen molar-refractivity contribution in [2.75, 3.05) is 0 Å². The summed E-state index contributed by atoms with van der Waals surface area (Å²) in [6.07, 6.45) is 0.344. The highest BCUT2D eigenvalue weighted by Gasteiger charge is 2.40. The number of aliphatic hydroxyl groups excluding tert-OH is 1. The SMILES string of the molecule is CCCC1OC(O)CCC1(O)O. The van der Waals surface area contributed by atoms with E-state index < -0.39 is 18.2 Å². The van der Waals surface area contributed by atoms with Gasteiger partial charge in [-0.15, -0.1) is 0 Å². The first-order chi connectivity index (χ1) is 5.56. The number of rotatable bonds is 2. The number of aliphatic hydroxyl groups is 3. The smallest absolute Gasteiger partial charge is 0.189 e. The molecule has 0 aromatic heterocycles. The highest BCUT2D eigenvalue weighted by molar-refractivity contribution is 4.80. The number of hydrogen-bond acceptors (Lipinski definition) is 4. The summed E-state index contributed by atoms with van der Waals surface area (Å²) in [4.78, 5) is 0. The van der Waals surface area contributed by atoms with Crippen molar-refractivity contribution in [2.24, 2.45) is 0 Å². The van der Waals surface area contributed by atoms with E-state index in [9.17, 15) is 10.2 Å². The van der Waals surface area contributed by atoms with Crippen molar-refractivity contribution in [3.05, 3.63) is 0 Å². The Morgan fingerprint density at radius 2 is 2.17 bits per heavy atom. The maximum absolute atomic E-state index is 9.40. The summed E-state index contributed by atoms with van der Waals surface area (Å²) in [5.41, 5.74) is 0. The van der Waals surface area contributed by atoms with Crippen molar-refractivity contribution in [3.63, 3.8) is 0 Å². The molecular formula is C8H16O4. The van der Waals surface area contributed by atoms with Gasteiger partial charge >= 0.3 is 0 Å². The van der Waals surface area contributed by atoms with Gasteiger partial charge in [0.15, 0.2) is 12.1 Å². The lowest BCUT2D eigenvalue weighted by molar-refractivity contribution is -0.310. The number of hydrogen-bond donors (Lipinski definition) is 3. The Labute approximate surface area is 71.8 Å². The van der Waals surface area contributed by atoms with E-state index in [1.807, 2.05) is 6.92 Å². The lowest BCUT2D eigenvalue weighted by Crippen LogP contribution is -2.49. The molecule has 0 aromatic rings. The highest BCUT2D eigenvalue weighted by atomic mass is 16.6. The van der Waals surface area contributed by atoms with Crippen LogP contribution in [-0.4, -0.2) is 33.5 Å². The third-order valence-electron chi connectivity index (χ3n) is 2.15. The molecule has 0 radical (unpaired) electrons. The van der Waals surface area contributed by atoms with Crippen molar-refractivity contribution in [3.8, 4) is 0 Å². The Kier molecular flexibility index (Phi) is 3.06. The molecule has 1 fully saturated rings. The summed E-state index contributed by atoms with van der Waals surface area (Å²) >= 11 is 0. The summed E-state index contributed by atoms with van der Waals surface area (Å²) in [7, 11) is 0. The van der Waals surface area contributed by atoms with Crippen molar-refractivity contribution >= 4 is 0 Å². The monoisotopic (exact) mass is 176 g/mol. The van der Waals surface area contributed by atoms with E-state index in [1.165, 1.54) is 0 Å². The molecule has 2 atom stereocenters. The zero-order valence-electron chi connectivity index (χ0n) is 7.23. The molecule has 4 heteroatoms. The average Bonchev–Trinajstić information content (AvgIpc) is 1.98. The molecule has 1 heterocycles. The summed E-state index contributed by atoms with van der Waals surface area (Å²) in [6.45, 7) is 1.93. The summed E-state index contributed by atoms with van der Waals surface area (Å²) in [5.74, 6) is -1.75. The third kappa shape index (κ3) is 2.17. The van der Waals surface area contributed by atoms with Crippen LogP contribution < -0.4 is 0 Å². The first-order valence-electron chi connectivity index (χ1n) is 4.34. The van der Waals surface area contributed by atoms with Crippen LogP contribution >= 0.6 is 0 Å². The Morgan fingerprint density at radius 1 is 1.50 bits per heavy atom. The molecule has 0 aromatic carbocycles. The lowest BCUT2D eigenvalue weighted by Gasteiger charge is -2.37. The van der Waals surface area contributed by atoms with Gasteiger partial charge < -0.3 is 20.1 Å². The van der Waals surface area contributed by atoms with E-state index in [1.54, 1.807) is 0 Å². The minimum atomic E-state index is -1.75. The standard InChI is InChI=1S/C8H16O4/c1-2-3-6-8(10,11)5-4-7(9)12-6/h6-7,9-11H,2-5H2,1H3. The van der Waals surface area contributed by atoms with E-state index >= 15 is 0 Å². The second-order valence-electron chi connectivity index (χ2n) is 3.29. The molecule has 1 aliphatic rings. The Balaban J connectivity index is 2.52. The van der Waals surface area contributed by atoms with Gasteiger partial charge in [-0.05, 0) is 6.42 Å². The minimum absolute atomic E-state index is 0.179. The maximum atomic E-state index is 9.40. The molecule has 2 unspecified atom stereocenters. The van der Waals surface area contributed by atoms with E-state index in [-0.39, 0.29) is 12.8 Å². The molecule has 1 rings (SSSR count). The van der Waals surface area contributed by atoms with E-state index in [0.717, 1.165) is 6.42 Å². The largest absolute Gasteiger partial charge is 0.368 e. The van der Waals surface area contributed by atoms with Gasteiger partial charge in [-0.25, -0.2) is 0 Å². The summed E-state index contributed by atoms with van der Waals surface area (Å²) in [5, 5.41) is 27.9. The highest BCUT2D eigenvalue weighted by Crippen LogP contribution is 2.28. The van der Waals surface area contributed by atoms with Gasteiger partial charge in [0.05, 0.1) is 0 Å². The second-order valence-corrected chi connectivity index (χ2v) is 3.29. The summed E-state index contributed by atoms with van der Waals surface area (Å²) in [6, 6.07) is 0. The van der Waals surface area contributed by atoms with Crippen LogP contribution in [0.4, 0.5) is 0 Å². The molecular weight excluding hydrogens is 160 g/mol. The van der Waals surface area contributed by atoms with Crippen LogP contribution in [-0.2, 0) is 4.74 Å². The van der Waals surface area contributed by atoms with Crippen LogP contribution in [0.3, 0.4) is 0 Å². The zero-order valence-corrected chi connectivity index (χ0v) is 7.23. The molecule has 0 saturated carbocycles. The first-order valence-corrected chi connectivity index (χ1v) is 4.34. The fraction of sp³-hybridized carbons (Fsp3) is 1.00. The van der Waals surface area contributed by atoms with Crippen molar-refractivity contribution in [1.29, 1.82) is 0 Å². The fourth-order valence-corrected chi connectivity index (χ4v) is 1.42. The van der Waals surface area contributed by atoms with Crippen LogP contribution in [0.25, 0.3) is 0 Å². The predicted molar refractivity (Wildman–Crippen MR) is 42.2 cm³/mol. The van der Waals surface area contributed by atoms with Gasteiger partial charge in [-0.2, -0.15) is 0 Å². The van der Waals surface area contributed by atoms with Gasteiger partial charge in [0.25, 0.3) is 0 Å². The van der Waals surface area contributed by atoms with Crippen molar-refractivity contribution in [2.45, 2.75) is 50.8 Å². The van der Waals surface area contributed by atoms with Crippen LogP contribution in [0, 0.1) is 0 Å². The first kappa shape index (κ1) is 9.92. The average molecular weight is 176 g/mol. The predicted octanol–water partition coefficient (Wildman–Crippen LogP) is -0.0352. The normalized spacial score (nSPS) is 35.0. The van der Waals surface area contributed by atoms with Crippen molar-refractivity contribution in [1.82, 2.24) is 0 Å². The topological polar surface area (TPSA) is 69.9 Å². The van der Waals surface area contributed by atoms with E-state index in [2.05, 4.69) is 0 Å². The Bertz CT molecular complexity index is 146. The molecule has 12 heavy (non-hydrogen) atoms. The Hall–Kier alpha value is -0.160. The number of ether oxygens (including phenoxy) is 1. The third-order valence-corrected chi connectivity index (χ3v) is 2.15. The van der Waals surface area contributed by atoms with Crippen LogP contribution in [0.15, 0.2) is 0 Å². The molecule has 0 spiro atoms. The lowest BCUT2D eigenvalue weighted by atomic mass is 9.97. The second kappa shape index (κ2) is 3.70. The Morgan fingerprint density at radius 3 is 2.75 bits per heavy atom. The maximum Gasteiger partial charge on any atom is 0.189 e. The molecule has 0 bridgehead atoms. The van der Waals surface area contributed by atoms with Crippen LogP contribution in [0.5, 0.6) is 0 Å². The van der Waals surface area contributed by atoms with Crippen LogP contribution in [0.1, 0.15) is 32.6 Å². The van der Waals surface area contributed by atoms with Crippen LogP contribution in [0.2, 0.25) is 0 Å². The van der Waals surface area contributed by atoms with Gasteiger partial charge in [0.1, 0.15) is 6.10 Å². The molecule has 1 saturated heterocycles. The van der Waals surface area contributed by atoms with E-state index in [4.69, 9.17) is 9.84 Å². The molecule has 0 aliphatic carbocycles. The van der Waals surface area contributed by atoms with Crippen molar-refractivity contribution < 1.29 is 20.1 Å². The summed E-state index contributed by atoms with van der Waals surface area (Å²) < 4.78 is 5.00. The molecule has 72 valence electrons. The van der Waals surface area contributed by atoms with Gasteiger partial charge in [0.2, 0.25) is 0 Å². The zero-order chi connectivity index (χ0) is 9.19. The minimum Gasteiger partial charge on any atom is -0.368 e. The molecule has 4 nitrogen and oxygen atoms in total. The fourth-order valence-electron chi connectivity index (χ4n) is 1.42. The quantitative estimate of drug-likeness (QED) is 0.516. The van der Waals surface area contributed by atoms with Gasteiger partial charge in [-0.1, -0.05) is 13.3 Å². The molecule has 0 amide bonds. The molecule has 3 N–H and O–H groups in total. The van der Waals surface area contributed by atoms with Gasteiger partial charge in [0, 0.05) is 12.8 Å².